The molecule has 6 heteroatoms. The van der Waals surface area contributed by atoms with Crippen molar-refractivity contribution in [2.75, 3.05) is 0 Å². The van der Waals surface area contributed by atoms with Crippen LogP contribution >= 0.6 is 0 Å². The van der Waals surface area contributed by atoms with Crippen LogP contribution in [0.25, 0.3) is 22.3 Å². The van der Waals surface area contributed by atoms with Gasteiger partial charge in [-0.1, -0.05) is 30.3 Å². The van der Waals surface area contributed by atoms with Gasteiger partial charge < -0.3 is 4.98 Å². The van der Waals surface area contributed by atoms with E-state index in [0.29, 0.717) is 23.3 Å². The molecule has 2 aromatic carbocycles. The van der Waals surface area contributed by atoms with Gasteiger partial charge in [0.15, 0.2) is 0 Å². The number of nitrogens with one attached hydrogen (secondary N) is 1. The molecule has 6 nitrogen and oxygen atoms in total. The lowest BCUT2D eigenvalue weighted by Crippen LogP contribution is -2.09. The van der Waals surface area contributed by atoms with E-state index in [0.717, 1.165) is 11.1 Å². The fraction of sp³-hybridized carbons (Fsp3) is 0.0588. The Morgan fingerprint density at radius 1 is 1.09 bits per heavy atom. The number of hydrogen-bond donors (Lipinski definition) is 1. The smallest absolute Gasteiger partial charge is 0.259 e. The number of aromatic nitrogens is 5. The van der Waals surface area contributed by atoms with Crippen LogP contribution in [-0.2, 0) is 6.54 Å². The van der Waals surface area contributed by atoms with Crippen LogP contribution in [0, 0.1) is 0 Å². The highest BCUT2D eigenvalue weighted by atomic mass is 16.1. The summed E-state index contributed by atoms with van der Waals surface area (Å²) in [4.78, 5) is 23.5. The fourth-order valence-corrected chi connectivity index (χ4v) is 2.54. The predicted molar refractivity (Wildman–Crippen MR) is 86.9 cm³/mol. The van der Waals surface area contributed by atoms with E-state index < -0.39 is 0 Å². The molecule has 0 atom stereocenters. The van der Waals surface area contributed by atoms with E-state index in [9.17, 15) is 4.79 Å². The Kier molecular flexibility index (Phi) is 3.20. The number of benzene rings is 2. The summed E-state index contributed by atoms with van der Waals surface area (Å²) < 4.78 is 1.75. The number of rotatable bonds is 3. The first-order valence-electron chi connectivity index (χ1n) is 7.20. The van der Waals surface area contributed by atoms with Gasteiger partial charge in [0.2, 0.25) is 0 Å². The molecular weight excluding hydrogens is 290 g/mol. The molecule has 0 aliphatic heterocycles. The molecule has 2 aromatic heterocycles. The molecule has 1 N–H and O–H groups in total. The lowest BCUT2D eigenvalue weighted by molar-refractivity contribution is 0.685. The second-order valence-corrected chi connectivity index (χ2v) is 5.23. The van der Waals surface area contributed by atoms with Gasteiger partial charge in [-0.3, -0.25) is 4.79 Å². The number of para-hydroxylation sites is 1. The van der Waals surface area contributed by atoms with Crippen molar-refractivity contribution < 1.29 is 0 Å². The topological polar surface area (TPSA) is 76.5 Å². The molecule has 0 radical (unpaired) electrons. The zero-order valence-electron chi connectivity index (χ0n) is 12.2. The third-order valence-corrected chi connectivity index (χ3v) is 3.62. The molecule has 23 heavy (non-hydrogen) atoms. The maximum Gasteiger partial charge on any atom is 0.259 e. The summed E-state index contributed by atoms with van der Waals surface area (Å²) in [5.41, 5.74) is 2.48. The van der Waals surface area contributed by atoms with Crippen LogP contribution in [-0.4, -0.2) is 24.7 Å². The van der Waals surface area contributed by atoms with E-state index in [2.05, 4.69) is 20.1 Å². The van der Waals surface area contributed by atoms with Crippen molar-refractivity contribution >= 4 is 10.9 Å². The maximum atomic E-state index is 12.2. The van der Waals surface area contributed by atoms with Gasteiger partial charge in [0.1, 0.15) is 18.5 Å². The van der Waals surface area contributed by atoms with Gasteiger partial charge in [-0.2, -0.15) is 5.10 Å². The molecular formula is C17H13N5O. The quantitative estimate of drug-likeness (QED) is 0.629. The molecule has 0 spiro atoms. The van der Waals surface area contributed by atoms with E-state index in [1.165, 1.54) is 6.33 Å². The van der Waals surface area contributed by atoms with Gasteiger partial charge >= 0.3 is 0 Å². The highest BCUT2D eigenvalue weighted by Gasteiger charge is 2.06. The van der Waals surface area contributed by atoms with E-state index >= 15 is 0 Å². The van der Waals surface area contributed by atoms with Crippen LogP contribution in [0.2, 0.25) is 0 Å². The third-order valence-electron chi connectivity index (χ3n) is 3.62. The standard InChI is InChI=1S/C17H13N5O/c23-17-14-6-1-2-7-15(14)20-16(21-17)13-5-3-4-12(8-13)9-22-11-18-10-19-22/h1-8,10-11H,9H2,(H,20,21,23). The Balaban J connectivity index is 1.77. The number of aromatic amines is 1. The zero-order valence-corrected chi connectivity index (χ0v) is 12.2. The van der Waals surface area contributed by atoms with Crippen LogP contribution in [0.3, 0.4) is 0 Å². The largest absolute Gasteiger partial charge is 0.306 e. The molecule has 0 bridgehead atoms. The lowest BCUT2D eigenvalue weighted by Gasteiger charge is -2.06. The highest BCUT2D eigenvalue weighted by Crippen LogP contribution is 2.18. The van der Waals surface area contributed by atoms with Crippen molar-refractivity contribution in [1.82, 2.24) is 24.7 Å². The highest BCUT2D eigenvalue weighted by molar-refractivity contribution is 5.79. The summed E-state index contributed by atoms with van der Waals surface area (Å²) in [6.45, 7) is 0.617. The number of nitrogens with zero attached hydrogens (tertiary/aromatic N) is 4. The van der Waals surface area contributed by atoms with Gasteiger partial charge in [0.05, 0.1) is 17.4 Å². The summed E-state index contributed by atoms with van der Waals surface area (Å²) in [7, 11) is 0. The second kappa shape index (κ2) is 5.49. The molecule has 0 amide bonds. The minimum absolute atomic E-state index is 0.132. The first-order valence-corrected chi connectivity index (χ1v) is 7.20. The molecule has 0 fully saturated rings. The van der Waals surface area contributed by atoms with Crippen molar-refractivity contribution in [2.45, 2.75) is 6.54 Å². The maximum absolute atomic E-state index is 12.2. The first-order chi connectivity index (χ1) is 11.3. The first kappa shape index (κ1) is 13.4. The van der Waals surface area contributed by atoms with E-state index in [-0.39, 0.29) is 5.56 Å². The van der Waals surface area contributed by atoms with Crippen LogP contribution < -0.4 is 5.56 Å². The minimum Gasteiger partial charge on any atom is -0.306 e. The summed E-state index contributed by atoms with van der Waals surface area (Å²) in [6, 6.07) is 15.2. The summed E-state index contributed by atoms with van der Waals surface area (Å²) in [5, 5.41) is 4.69. The van der Waals surface area contributed by atoms with Crippen LogP contribution in [0.4, 0.5) is 0 Å². The van der Waals surface area contributed by atoms with Crippen LogP contribution in [0.5, 0.6) is 0 Å². The van der Waals surface area contributed by atoms with Crippen LogP contribution in [0.15, 0.2) is 66.0 Å². The summed E-state index contributed by atoms with van der Waals surface area (Å²) in [5.74, 6) is 0.564. The third kappa shape index (κ3) is 2.62. The molecule has 2 heterocycles. The van der Waals surface area contributed by atoms with E-state index in [4.69, 9.17) is 0 Å². The van der Waals surface area contributed by atoms with Crippen molar-refractivity contribution in [3.63, 3.8) is 0 Å². The predicted octanol–water partition coefficient (Wildman–Crippen LogP) is 2.23. The zero-order chi connectivity index (χ0) is 15.6. The lowest BCUT2D eigenvalue weighted by atomic mass is 10.1. The Morgan fingerprint density at radius 3 is 2.87 bits per heavy atom. The number of H-pyrrole nitrogens is 1. The Labute approximate surface area is 131 Å². The molecule has 0 aliphatic rings. The Hall–Kier alpha value is -3.28. The van der Waals surface area contributed by atoms with Gasteiger partial charge in [-0.25, -0.2) is 14.6 Å². The van der Waals surface area contributed by atoms with Gasteiger partial charge in [-0.15, -0.1) is 0 Å². The van der Waals surface area contributed by atoms with Gasteiger partial charge in [0.25, 0.3) is 5.56 Å². The molecule has 0 aliphatic carbocycles. The second-order valence-electron chi connectivity index (χ2n) is 5.23. The van der Waals surface area contributed by atoms with E-state index in [1.807, 2.05) is 42.5 Å². The normalized spacial score (nSPS) is 11.0. The van der Waals surface area contributed by atoms with Gasteiger partial charge in [0, 0.05) is 5.56 Å². The van der Waals surface area contributed by atoms with Crippen molar-refractivity contribution in [1.29, 1.82) is 0 Å². The molecule has 112 valence electrons. The van der Waals surface area contributed by atoms with E-state index in [1.54, 1.807) is 17.1 Å². The minimum atomic E-state index is -0.132. The molecule has 0 saturated heterocycles. The van der Waals surface area contributed by atoms with Crippen molar-refractivity contribution in [3.05, 3.63) is 77.1 Å². The molecule has 0 unspecified atom stereocenters. The summed E-state index contributed by atoms with van der Waals surface area (Å²) in [6.07, 6.45) is 3.18. The average Bonchev–Trinajstić information content (AvgIpc) is 3.08. The Bertz CT molecular complexity index is 1020. The monoisotopic (exact) mass is 303 g/mol. The molecule has 4 rings (SSSR count). The Morgan fingerprint density at radius 2 is 2.00 bits per heavy atom. The number of fused-ring (bicyclic) bond motifs is 1. The van der Waals surface area contributed by atoms with Crippen molar-refractivity contribution in [2.24, 2.45) is 0 Å². The van der Waals surface area contributed by atoms with Crippen LogP contribution in [0.1, 0.15) is 5.56 Å². The van der Waals surface area contributed by atoms with Gasteiger partial charge in [-0.05, 0) is 23.8 Å². The summed E-state index contributed by atoms with van der Waals surface area (Å²) >= 11 is 0. The fourth-order valence-electron chi connectivity index (χ4n) is 2.54. The number of hydrogen-bond acceptors (Lipinski definition) is 4. The SMILES string of the molecule is O=c1[nH]c(-c2cccc(Cn3cncn3)c2)nc2ccccc12. The van der Waals surface area contributed by atoms with Crippen molar-refractivity contribution in [3.8, 4) is 11.4 Å². The molecule has 0 saturated carbocycles. The average molecular weight is 303 g/mol. The molecule has 4 aromatic rings.